The van der Waals surface area contributed by atoms with Crippen molar-refractivity contribution in [2.75, 3.05) is 13.1 Å². The normalized spacial score (nSPS) is 20.2. The zero-order valence-electron chi connectivity index (χ0n) is 16.2. The number of aromatic amines is 1. The van der Waals surface area contributed by atoms with E-state index in [0.29, 0.717) is 0 Å². The Balaban J connectivity index is 1.48. The van der Waals surface area contributed by atoms with Gasteiger partial charge in [0.15, 0.2) is 0 Å². The number of benzene rings is 2. The number of H-pyrrole nitrogens is 1. The van der Waals surface area contributed by atoms with Crippen LogP contribution in [0.15, 0.2) is 67.4 Å². The van der Waals surface area contributed by atoms with Gasteiger partial charge in [-0.15, -0.1) is 10.2 Å². The van der Waals surface area contributed by atoms with Gasteiger partial charge in [0, 0.05) is 34.9 Å². The topological polar surface area (TPSA) is 49.7 Å². The summed E-state index contributed by atoms with van der Waals surface area (Å²) in [5, 5.41) is 9.18. The molecular weight excluding hydrogens is 346 g/mol. The first kappa shape index (κ1) is 17.2. The second kappa shape index (κ2) is 6.91. The Bertz CT molecular complexity index is 1070. The smallest absolute Gasteiger partial charge is 0.123 e. The fraction of sp³-hybridized carbons (Fsp3) is 0.304. The van der Waals surface area contributed by atoms with E-state index in [1.165, 1.54) is 34.9 Å². The van der Waals surface area contributed by atoms with Crippen molar-refractivity contribution in [3.8, 4) is 5.69 Å². The quantitative estimate of drug-likeness (QED) is 0.569. The van der Waals surface area contributed by atoms with Gasteiger partial charge in [0.25, 0.3) is 0 Å². The van der Waals surface area contributed by atoms with Crippen molar-refractivity contribution in [2.45, 2.75) is 31.7 Å². The third-order valence-electron chi connectivity index (χ3n) is 6.27. The maximum Gasteiger partial charge on any atom is 0.123 e. The van der Waals surface area contributed by atoms with Crippen molar-refractivity contribution >= 4 is 10.9 Å². The van der Waals surface area contributed by atoms with Gasteiger partial charge in [-0.05, 0) is 62.1 Å². The molecule has 28 heavy (non-hydrogen) atoms. The van der Waals surface area contributed by atoms with Crippen LogP contribution in [0, 0.1) is 0 Å². The molecule has 1 aliphatic heterocycles. The molecule has 2 aromatic carbocycles. The molecule has 3 heterocycles. The number of rotatable bonds is 5. The van der Waals surface area contributed by atoms with Crippen LogP contribution in [0.25, 0.3) is 16.6 Å². The first-order valence-corrected chi connectivity index (χ1v) is 10.00. The summed E-state index contributed by atoms with van der Waals surface area (Å²) in [7, 11) is 0. The van der Waals surface area contributed by atoms with Gasteiger partial charge in [0.2, 0.25) is 0 Å². The molecule has 5 heteroatoms. The zero-order chi connectivity index (χ0) is 19.0. The monoisotopic (exact) mass is 371 g/mol. The zero-order valence-corrected chi connectivity index (χ0v) is 16.2. The van der Waals surface area contributed by atoms with Gasteiger partial charge in [0.05, 0.1) is 0 Å². The molecule has 0 saturated carbocycles. The molecule has 0 unspecified atom stereocenters. The van der Waals surface area contributed by atoms with Gasteiger partial charge in [-0.3, -0.25) is 9.47 Å². The van der Waals surface area contributed by atoms with E-state index in [9.17, 15) is 0 Å². The Morgan fingerprint density at radius 2 is 1.89 bits per heavy atom. The minimum absolute atomic E-state index is 0.0544. The van der Waals surface area contributed by atoms with Crippen molar-refractivity contribution in [3.63, 3.8) is 0 Å². The Hall–Kier alpha value is -2.92. The summed E-state index contributed by atoms with van der Waals surface area (Å²) in [6.07, 6.45) is 9.22. The third-order valence-corrected chi connectivity index (χ3v) is 6.27. The highest BCUT2D eigenvalue weighted by Crippen LogP contribution is 2.42. The lowest BCUT2D eigenvalue weighted by atomic mass is 9.88. The molecule has 0 spiro atoms. The first-order chi connectivity index (χ1) is 13.7. The van der Waals surface area contributed by atoms with Gasteiger partial charge < -0.3 is 4.98 Å². The number of fused-ring (bicyclic) bond motifs is 1. The summed E-state index contributed by atoms with van der Waals surface area (Å²) >= 11 is 0. The Kier molecular flexibility index (Phi) is 4.24. The molecule has 5 nitrogen and oxygen atoms in total. The maximum absolute atomic E-state index is 3.94. The van der Waals surface area contributed by atoms with Crippen LogP contribution < -0.4 is 0 Å². The van der Waals surface area contributed by atoms with E-state index in [2.05, 4.69) is 81.7 Å². The van der Waals surface area contributed by atoms with Crippen LogP contribution in [0.5, 0.6) is 0 Å². The fourth-order valence-corrected chi connectivity index (χ4v) is 4.64. The predicted octanol–water partition coefficient (Wildman–Crippen LogP) is 4.30. The van der Waals surface area contributed by atoms with E-state index in [-0.39, 0.29) is 5.54 Å². The molecule has 1 N–H and O–H groups in total. The summed E-state index contributed by atoms with van der Waals surface area (Å²) < 4.78 is 1.96. The average molecular weight is 371 g/mol. The standard InChI is InChI=1S/C23H25N5/c1-23(11-5-12-28(23)13-10-18-6-3-2-4-7-18)21-15-24-22-9-8-19(14-20(21)22)27-16-25-26-17-27/h2-4,6-9,14-17,24H,5,10-13H2,1H3/t23-/m1/s1. The van der Waals surface area contributed by atoms with E-state index in [0.717, 1.165) is 25.2 Å². The summed E-state index contributed by atoms with van der Waals surface area (Å²) in [5.74, 6) is 0. The van der Waals surface area contributed by atoms with Crippen molar-refractivity contribution in [2.24, 2.45) is 0 Å². The molecule has 5 rings (SSSR count). The Labute approximate surface area is 165 Å². The predicted molar refractivity (Wildman–Crippen MR) is 112 cm³/mol. The number of likely N-dealkylation sites (tertiary alicyclic amines) is 1. The molecule has 142 valence electrons. The minimum Gasteiger partial charge on any atom is -0.361 e. The molecule has 1 atom stereocenters. The molecule has 0 radical (unpaired) electrons. The molecule has 1 fully saturated rings. The first-order valence-electron chi connectivity index (χ1n) is 10.00. The second-order valence-corrected chi connectivity index (χ2v) is 7.90. The van der Waals surface area contributed by atoms with E-state index in [1.54, 1.807) is 12.7 Å². The van der Waals surface area contributed by atoms with Gasteiger partial charge in [-0.1, -0.05) is 30.3 Å². The van der Waals surface area contributed by atoms with Crippen LogP contribution >= 0.6 is 0 Å². The highest BCUT2D eigenvalue weighted by Gasteiger charge is 2.39. The van der Waals surface area contributed by atoms with Crippen molar-refractivity contribution in [1.82, 2.24) is 24.6 Å². The number of nitrogens with zero attached hydrogens (tertiary/aromatic N) is 4. The molecule has 4 aromatic rings. The SMILES string of the molecule is C[C@]1(c2c[nH]c3ccc(-n4cnnc4)cc23)CCCN1CCc1ccccc1. The van der Waals surface area contributed by atoms with Crippen molar-refractivity contribution in [1.29, 1.82) is 0 Å². The molecule has 1 saturated heterocycles. The maximum atomic E-state index is 3.94. The van der Waals surface area contributed by atoms with Gasteiger partial charge >= 0.3 is 0 Å². The van der Waals surface area contributed by atoms with E-state index < -0.39 is 0 Å². The van der Waals surface area contributed by atoms with Crippen molar-refractivity contribution < 1.29 is 0 Å². The lowest BCUT2D eigenvalue weighted by molar-refractivity contribution is 0.160. The molecule has 1 aliphatic rings. The van der Waals surface area contributed by atoms with Gasteiger partial charge in [-0.2, -0.15) is 0 Å². The van der Waals surface area contributed by atoms with Crippen LogP contribution in [-0.4, -0.2) is 37.7 Å². The van der Waals surface area contributed by atoms with Crippen LogP contribution in [0.3, 0.4) is 0 Å². The lowest BCUT2D eigenvalue weighted by Gasteiger charge is -2.35. The average Bonchev–Trinajstić information content (AvgIpc) is 3.47. The fourth-order valence-electron chi connectivity index (χ4n) is 4.64. The largest absolute Gasteiger partial charge is 0.361 e. The summed E-state index contributed by atoms with van der Waals surface area (Å²) in [6, 6.07) is 17.3. The van der Waals surface area contributed by atoms with Gasteiger partial charge in [0.1, 0.15) is 12.7 Å². The van der Waals surface area contributed by atoms with Crippen LogP contribution in [0.2, 0.25) is 0 Å². The number of aromatic nitrogens is 4. The van der Waals surface area contributed by atoms with E-state index >= 15 is 0 Å². The van der Waals surface area contributed by atoms with Gasteiger partial charge in [-0.25, -0.2) is 0 Å². The van der Waals surface area contributed by atoms with Crippen LogP contribution in [-0.2, 0) is 12.0 Å². The highest BCUT2D eigenvalue weighted by atomic mass is 15.2. The molecule has 0 bridgehead atoms. The van der Waals surface area contributed by atoms with Crippen LogP contribution in [0.1, 0.15) is 30.9 Å². The lowest BCUT2D eigenvalue weighted by Crippen LogP contribution is -2.39. The summed E-state index contributed by atoms with van der Waals surface area (Å²) in [6.45, 7) is 4.64. The Morgan fingerprint density at radius 3 is 2.71 bits per heavy atom. The third kappa shape index (κ3) is 2.92. The molecule has 0 amide bonds. The molecular formula is C23H25N5. The second-order valence-electron chi connectivity index (χ2n) is 7.90. The number of hydrogen-bond donors (Lipinski definition) is 1. The Morgan fingerprint density at radius 1 is 1.07 bits per heavy atom. The molecule has 2 aromatic heterocycles. The van der Waals surface area contributed by atoms with Crippen LogP contribution in [0.4, 0.5) is 0 Å². The van der Waals surface area contributed by atoms with E-state index in [1.807, 2.05) is 4.57 Å². The molecule has 0 aliphatic carbocycles. The summed E-state index contributed by atoms with van der Waals surface area (Å²) in [4.78, 5) is 6.15. The minimum atomic E-state index is 0.0544. The highest BCUT2D eigenvalue weighted by molar-refractivity contribution is 5.86. The van der Waals surface area contributed by atoms with Crippen molar-refractivity contribution in [3.05, 3.63) is 78.5 Å². The summed E-state index contributed by atoms with van der Waals surface area (Å²) in [5.41, 5.74) is 5.13. The van der Waals surface area contributed by atoms with E-state index in [4.69, 9.17) is 0 Å². The number of nitrogens with one attached hydrogen (secondary N) is 1. The number of hydrogen-bond acceptors (Lipinski definition) is 3.